The molecule has 0 atom stereocenters. The van der Waals surface area contributed by atoms with E-state index < -0.39 is 10.0 Å². The third-order valence-electron chi connectivity index (χ3n) is 4.31. The number of carbonyl (C=O) groups excluding carboxylic acids is 1. The first-order chi connectivity index (χ1) is 13.7. The molecule has 0 aliphatic carbocycles. The quantitative estimate of drug-likeness (QED) is 0.547. The van der Waals surface area contributed by atoms with Crippen LogP contribution in [0.4, 0.5) is 5.69 Å². The molecule has 0 fully saturated rings. The van der Waals surface area contributed by atoms with E-state index in [-0.39, 0.29) is 12.5 Å². The Labute approximate surface area is 182 Å². The minimum atomic E-state index is -3.61. The molecule has 2 aromatic carbocycles. The van der Waals surface area contributed by atoms with Crippen molar-refractivity contribution in [2.24, 2.45) is 0 Å². The summed E-state index contributed by atoms with van der Waals surface area (Å²) in [5.41, 5.74) is 3.76. The molecule has 0 aromatic heterocycles. The van der Waals surface area contributed by atoms with E-state index in [0.717, 1.165) is 34.1 Å². The summed E-state index contributed by atoms with van der Waals surface area (Å²) in [6.07, 6.45) is 1.90. The number of nitrogens with one attached hydrogen (secondary N) is 1. The molecule has 1 amide bonds. The van der Waals surface area contributed by atoms with Gasteiger partial charge in [-0.2, -0.15) is 11.8 Å². The second-order valence-corrected chi connectivity index (χ2v) is 10.4. The fourth-order valence-corrected chi connectivity index (χ4v) is 4.54. The highest BCUT2D eigenvalue weighted by Gasteiger charge is 2.21. The van der Waals surface area contributed by atoms with Gasteiger partial charge < -0.3 is 5.32 Å². The molecule has 29 heavy (non-hydrogen) atoms. The molecule has 1 N–H and O–H groups in total. The summed E-state index contributed by atoms with van der Waals surface area (Å²) >= 11 is 7.91. The molecular formula is C21H27ClN2O3S2. The maximum Gasteiger partial charge on any atom is 0.240 e. The predicted octanol–water partition coefficient (Wildman–Crippen LogP) is 4.16. The van der Waals surface area contributed by atoms with Gasteiger partial charge in [0.1, 0.15) is 6.54 Å². The van der Waals surface area contributed by atoms with Gasteiger partial charge in [0.05, 0.1) is 11.9 Å². The van der Waals surface area contributed by atoms with Crippen molar-refractivity contribution in [3.63, 3.8) is 0 Å². The Morgan fingerprint density at radius 3 is 2.45 bits per heavy atom. The average Bonchev–Trinajstić information content (AvgIpc) is 2.65. The number of hydrogen-bond acceptors (Lipinski definition) is 4. The van der Waals surface area contributed by atoms with Crippen LogP contribution in [0.15, 0.2) is 42.5 Å². The summed E-state index contributed by atoms with van der Waals surface area (Å²) in [7, 11) is -3.61. The smallest absolute Gasteiger partial charge is 0.240 e. The molecule has 0 saturated carbocycles. The summed E-state index contributed by atoms with van der Waals surface area (Å²) in [4.78, 5) is 12.3. The SMILES string of the molecule is Cc1ccc(CSCCCNC(=O)CN(c2ccc(C)c(Cl)c2)S(C)(=O)=O)cc1. The third kappa shape index (κ3) is 7.91. The van der Waals surface area contributed by atoms with Crippen molar-refractivity contribution in [3.05, 3.63) is 64.2 Å². The van der Waals surface area contributed by atoms with E-state index in [0.29, 0.717) is 17.3 Å². The highest BCUT2D eigenvalue weighted by molar-refractivity contribution is 7.98. The number of hydrogen-bond donors (Lipinski definition) is 1. The van der Waals surface area contributed by atoms with E-state index in [2.05, 4.69) is 36.5 Å². The van der Waals surface area contributed by atoms with Crippen molar-refractivity contribution in [1.29, 1.82) is 0 Å². The molecule has 0 saturated heterocycles. The molecule has 0 heterocycles. The molecule has 5 nitrogen and oxygen atoms in total. The standard InChI is InChI=1S/C21H27ClN2O3S2/c1-16-5-8-18(9-6-16)15-28-12-4-11-23-21(25)14-24(29(3,26)27)19-10-7-17(2)20(22)13-19/h5-10,13H,4,11-12,14-15H2,1-3H3,(H,23,25). The van der Waals surface area contributed by atoms with Crippen molar-refractivity contribution in [1.82, 2.24) is 5.32 Å². The number of rotatable bonds is 10. The molecular weight excluding hydrogens is 428 g/mol. The third-order valence-corrected chi connectivity index (χ3v) is 6.97. The highest BCUT2D eigenvalue weighted by atomic mass is 35.5. The van der Waals surface area contributed by atoms with Gasteiger partial charge in [0.15, 0.2) is 0 Å². The van der Waals surface area contributed by atoms with Crippen LogP contribution in [0.5, 0.6) is 0 Å². The Kier molecular flexibility index (Phi) is 8.86. The van der Waals surface area contributed by atoms with Gasteiger partial charge in [0.25, 0.3) is 0 Å². The van der Waals surface area contributed by atoms with Crippen LogP contribution in [0.3, 0.4) is 0 Å². The van der Waals surface area contributed by atoms with E-state index in [4.69, 9.17) is 11.6 Å². The molecule has 0 aliphatic heterocycles. The molecule has 158 valence electrons. The van der Waals surface area contributed by atoms with Gasteiger partial charge in [-0.25, -0.2) is 8.42 Å². The summed E-state index contributed by atoms with van der Waals surface area (Å²) < 4.78 is 25.3. The van der Waals surface area contributed by atoms with Crippen LogP contribution >= 0.6 is 23.4 Å². The lowest BCUT2D eigenvalue weighted by molar-refractivity contribution is -0.119. The number of sulfonamides is 1. The van der Waals surface area contributed by atoms with Crippen LogP contribution in [-0.2, 0) is 20.6 Å². The van der Waals surface area contributed by atoms with Gasteiger partial charge in [-0.1, -0.05) is 47.5 Å². The van der Waals surface area contributed by atoms with Gasteiger partial charge in [-0.05, 0) is 49.3 Å². The largest absolute Gasteiger partial charge is 0.354 e. The molecule has 0 radical (unpaired) electrons. The number of thioether (sulfide) groups is 1. The molecule has 8 heteroatoms. The summed E-state index contributed by atoms with van der Waals surface area (Å²) in [6.45, 7) is 4.14. The normalized spacial score (nSPS) is 11.3. The Bertz CT molecular complexity index is 931. The lowest BCUT2D eigenvalue weighted by Gasteiger charge is -2.22. The van der Waals surface area contributed by atoms with Crippen LogP contribution in [0.25, 0.3) is 0 Å². The number of nitrogens with zero attached hydrogens (tertiary/aromatic N) is 1. The molecule has 2 rings (SSSR count). The van der Waals surface area contributed by atoms with E-state index >= 15 is 0 Å². The molecule has 0 aliphatic rings. The summed E-state index contributed by atoms with van der Waals surface area (Å²) in [6, 6.07) is 13.4. The summed E-state index contributed by atoms with van der Waals surface area (Å²) in [5, 5.41) is 3.26. The zero-order valence-corrected chi connectivity index (χ0v) is 19.3. The number of halogens is 1. The van der Waals surface area contributed by atoms with Crippen LogP contribution in [0.1, 0.15) is 23.1 Å². The monoisotopic (exact) mass is 454 g/mol. The maximum absolute atomic E-state index is 12.3. The minimum absolute atomic E-state index is 0.269. The number of carbonyl (C=O) groups is 1. The fourth-order valence-electron chi connectivity index (χ4n) is 2.60. The number of amides is 1. The van der Waals surface area contributed by atoms with Gasteiger partial charge in [0, 0.05) is 17.3 Å². The van der Waals surface area contributed by atoms with Crippen molar-refractivity contribution >= 4 is 45.0 Å². The Morgan fingerprint density at radius 1 is 1.14 bits per heavy atom. The van der Waals surface area contributed by atoms with Gasteiger partial charge in [-0.3, -0.25) is 9.10 Å². The Morgan fingerprint density at radius 2 is 1.83 bits per heavy atom. The zero-order chi connectivity index (χ0) is 21.4. The Balaban J connectivity index is 1.78. The van der Waals surface area contributed by atoms with Crippen LogP contribution in [0, 0.1) is 13.8 Å². The molecule has 2 aromatic rings. The van der Waals surface area contributed by atoms with Crippen molar-refractivity contribution < 1.29 is 13.2 Å². The van der Waals surface area contributed by atoms with Crippen molar-refractivity contribution in [2.75, 3.05) is 29.4 Å². The van der Waals surface area contributed by atoms with Crippen LogP contribution in [0.2, 0.25) is 5.02 Å². The highest BCUT2D eigenvalue weighted by Crippen LogP contribution is 2.24. The number of anilines is 1. The van der Waals surface area contributed by atoms with Gasteiger partial charge >= 0.3 is 0 Å². The lowest BCUT2D eigenvalue weighted by Crippen LogP contribution is -2.40. The second-order valence-electron chi connectivity index (χ2n) is 6.94. The van der Waals surface area contributed by atoms with Gasteiger partial charge in [0.2, 0.25) is 15.9 Å². The Hall–Kier alpha value is -1.70. The fraction of sp³-hybridized carbons (Fsp3) is 0.381. The lowest BCUT2D eigenvalue weighted by atomic mass is 10.2. The topological polar surface area (TPSA) is 66.5 Å². The molecule has 0 unspecified atom stereocenters. The predicted molar refractivity (Wildman–Crippen MR) is 123 cm³/mol. The maximum atomic E-state index is 12.3. The van der Waals surface area contributed by atoms with Crippen LogP contribution < -0.4 is 9.62 Å². The zero-order valence-electron chi connectivity index (χ0n) is 16.9. The van der Waals surface area contributed by atoms with E-state index in [1.807, 2.05) is 18.7 Å². The number of benzene rings is 2. The molecule has 0 bridgehead atoms. The molecule has 0 spiro atoms. The average molecular weight is 455 g/mol. The second kappa shape index (κ2) is 10.9. The first kappa shape index (κ1) is 23.6. The van der Waals surface area contributed by atoms with E-state index in [9.17, 15) is 13.2 Å². The van der Waals surface area contributed by atoms with Gasteiger partial charge in [-0.15, -0.1) is 0 Å². The van der Waals surface area contributed by atoms with Crippen molar-refractivity contribution in [2.45, 2.75) is 26.0 Å². The minimum Gasteiger partial charge on any atom is -0.354 e. The van der Waals surface area contributed by atoms with Crippen molar-refractivity contribution in [3.8, 4) is 0 Å². The number of aryl methyl sites for hydroxylation is 2. The van der Waals surface area contributed by atoms with E-state index in [1.54, 1.807) is 18.2 Å². The van der Waals surface area contributed by atoms with Crippen LogP contribution in [-0.4, -0.2) is 39.4 Å². The van der Waals surface area contributed by atoms with E-state index in [1.165, 1.54) is 11.1 Å². The summed E-state index contributed by atoms with van der Waals surface area (Å²) in [5.74, 6) is 1.51. The first-order valence-corrected chi connectivity index (χ1v) is 12.7. The first-order valence-electron chi connectivity index (χ1n) is 9.30.